The van der Waals surface area contributed by atoms with Gasteiger partial charge < -0.3 is 10.4 Å². The van der Waals surface area contributed by atoms with Gasteiger partial charge in [-0.3, -0.25) is 4.79 Å². The van der Waals surface area contributed by atoms with Crippen molar-refractivity contribution in [3.63, 3.8) is 0 Å². The highest BCUT2D eigenvalue weighted by molar-refractivity contribution is 7.92. The van der Waals surface area contributed by atoms with Gasteiger partial charge in [0.25, 0.3) is 0 Å². The van der Waals surface area contributed by atoms with Crippen LogP contribution in [0.4, 0.5) is 5.69 Å². The Bertz CT molecular complexity index is 664. The van der Waals surface area contributed by atoms with Crippen LogP contribution in [0.3, 0.4) is 0 Å². The van der Waals surface area contributed by atoms with Crippen LogP contribution in [0, 0.1) is 0 Å². The molecule has 2 N–H and O–H groups in total. The van der Waals surface area contributed by atoms with E-state index < -0.39 is 20.7 Å². The Hall–Kier alpha value is -1.40. The molecule has 1 aliphatic heterocycles. The highest BCUT2D eigenvalue weighted by atomic mass is 32.2. The summed E-state index contributed by atoms with van der Waals surface area (Å²) < 4.78 is 22.4. The van der Waals surface area contributed by atoms with Crippen LogP contribution in [0.25, 0.3) is 0 Å². The van der Waals surface area contributed by atoms with Crippen LogP contribution >= 0.6 is 0 Å². The number of hydrogen-bond acceptors (Lipinski definition) is 4. The zero-order chi connectivity index (χ0) is 15.8. The molecule has 6 heteroatoms. The molecule has 1 aromatic rings. The summed E-state index contributed by atoms with van der Waals surface area (Å²) in [5.41, 5.74) is 2.23. The predicted octanol–water partition coefficient (Wildman–Crippen LogP) is 1.82. The molecule has 1 atom stereocenters. The van der Waals surface area contributed by atoms with Crippen molar-refractivity contribution in [3.8, 4) is 0 Å². The van der Waals surface area contributed by atoms with E-state index in [1.165, 1.54) is 13.8 Å². The Morgan fingerprint density at radius 3 is 2.57 bits per heavy atom. The largest absolute Gasteiger partial charge is 0.387 e. The summed E-state index contributed by atoms with van der Waals surface area (Å²) in [5.74, 6) is -0.0153. The minimum absolute atomic E-state index is 0.0153. The third kappa shape index (κ3) is 3.11. The van der Waals surface area contributed by atoms with Crippen LogP contribution in [0.2, 0.25) is 0 Å². The Morgan fingerprint density at radius 2 is 1.95 bits per heavy atom. The second-order valence-corrected chi connectivity index (χ2v) is 8.69. The van der Waals surface area contributed by atoms with Gasteiger partial charge in [0.1, 0.15) is 0 Å². The molecular formula is C15H21NO4S. The molecule has 1 unspecified atom stereocenters. The summed E-state index contributed by atoms with van der Waals surface area (Å²) in [6.07, 6.45) is 1.96. The van der Waals surface area contributed by atoms with E-state index in [4.69, 9.17) is 0 Å². The van der Waals surface area contributed by atoms with Crippen LogP contribution in [-0.2, 0) is 21.1 Å². The highest BCUT2D eigenvalue weighted by Crippen LogP contribution is 2.34. The number of carbonyl (C=O) groups excluding carboxylic acids is 1. The molecule has 0 fully saturated rings. The second kappa shape index (κ2) is 5.42. The lowest BCUT2D eigenvalue weighted by Crippen LogP contribution is -2.37. The van der Waals surface area contributed by atoms with Gasteiger partial charge in [0.2, 0.25) is 5.91 Å². The lowest BCUT2D eigenvalue weighted by Gasteiger charge is -2.29. The Balaban J connectivity index is 2.39. The molecule has 1 aromatic carbocycles. The number of rotatable bonds is 3. The maximum absolute atomic E-state index is 11.8. The van der Waals surface area contributed by atoms with Crippen LogP contribution < -0.4 is 5.32 Å². The summed E-state index contributed by atoms with van der Waals surface area (Å²) in [6, 6.07) is 5.19. The van der Waals surface area contributed by atoms with E-state index in [-0.39, 0.29) is 5.91 Å². The molecule has 21 heavy (non-hydrogen) atoms. The lowest BCUT2D eigenvalue weighted by molar-refractivity contribution is -0.116. The summed E-state index contributed by atoms with van der Waals surface area (Å²) >= 11 is 0. The smallest absolute Gasteiger partial charge is 0.224 e. The van der Waals surface area contributed by atoms with E-state index in [0.717, 1.165) is 30.3 Å². The molecule has 0 bridgehead atoms. The number of aryl methyl sites for hydroxylation is 1. The van der Waals surface area contributed by atoms with Crippen molar-refractivity contribution in [1.82, 2.24) is 0 Å². The van der Waals surface area contributed by atoms with Crippen molar-refractivity contribution >= 4 is 21.4 Å². The quantitative estimate of drug-likeness (QED) is 0.892. The van der Waals surface area contributed by atoms with E-state index in [2.05, 4.69) is 5.32 Å². The zero-order valence-corrected chi connectivity index (χ0v) is 13.3. The Kier molecular flexibility index (Phi) is 4.13. The summed E-state index contributed by atoms with van der Waals surface area (Å²) in [5, 5.41) is 13.3. The number of amides is 1. The Morgan fingerprint density at radius 1 is 1.29 bits per heavy atom. The molecule has 1 heterocycles. The summed E-state index contributed by atoms with van der Waals surface area (Å²) in [7, 11) is -3.41. The molecule has 0 spiro atoms. The van der Waals surface area contributed by atoms with Crippen LogP contribution in [-0.4, -0.2) is 30.4 Å². The number of benzene rings is 1. The van der Waals surface area contributed by atoms with Crippen molar-refractivity contribution in [1.29, 1.82) is 0 Å². The van der Waals surface area contributed by atoms with E-state index in [9.17, 15) is 18.3 Å². The van der Waals surface area contributed by atoms with Gasteiger partial charge in [0, 0.05) is 18.4 Å². The molecular weight excluding hydrogens is 290 g/mol. The molecule has 2 rings (SSSR count). The first-order valence-electron chi connectivity index (χ1n) is 6.93. The third-order valence-electron chi connectivity index (χ3n) is 4.18. The van der Waals surface area contributed by atoms with E-state index >= 15 is 0 Å². The Labute approximate surface area is 125 Å². The fourth-order valence-electron chi connectivity index (χ4n) is 2.37. The number of anilines is 1. The van der Waals surface area contributed by atoms with E-state index in [0.29, 0.717) is 12.0 Å². The third-order valence-corrected chi connectivity index (χ3v) is 6.32. The molecule has 116 valence electrons. The first-order chi connectivity index (χ1) is 9.63. The number of carbonyl (C=O) groups is 1. The monoisotopic (exact) mass is 311 g/mol. The molecule has 0 aliphatic carbocycles. The number of aliphatic hydroxyl groups is 1. The fraction of sp³-hybridized carbons (Fsp3) is 0.533. The molecule has 1 aliphatic rings. The number of hydrogen-bond donors (Lipinski definition) is 2. The van der Waals surface area contributed by atoms with Gasteiger partial charge in [-0.15, -0.1) is 0 Å². The first kappa shape index (κ1) is 16.0. The van der Waals surface area contributed by atoms with Gasteiger partial charge in [0.05, 0.1) is 10.9 Å². The fourth-order valence-corrected chi connectivity index (χ4v) is 2.91. The van der Waals surface area contributed by atoms with Gasteiger partial charge in [-0.2, -0.15) is 0 Å². The molecule has 1 amide bonds. The minimum Gasteiger partial charge on any atom is -0.387 e. The summed E-state index contributed by atoms with van der Waals surface area (Å²) in [6.45, 7) is 3.03. The summed E-state index contributed by atoms with van der Waals surface area (Å²) in [4.78, 5) is 11.5. The van der Waals surface area contributed by atoms with Gasteiger partial charge in [0.15, 0.2) is 9.84 Å². The average Bonchev–Trinajstić information content (AvgIpc) is 2.56. The first-order valence-corrected chi connectivity index (χ1v) is 8.82. The van der Waals surface area contributed by atoms with Crippen LogP contribution in [0.15, 0.2) is 18.2 Å². The lowest BCUT2D eigenvalue weighted by atomic mass is 9.95. The van der Waals surface area contributed by atoms with Gasteiger partial charge in [-0.1, -0.05) is 12.1 Å². The maximum atomic E-state index is 11.8. The number of aliphatic hydroxyl groups excluding tert-OH is 1. The standard InChI is InChI=1S/C15H21NO4S/c1-15(2,21(3,19)20)14(18)11-7-8-12-10(9-11)5-4-6-13(17)16-12/h7-9,14,18H,4-6H2,1-3H3,(H,16,17). The minimum atomic E-state index is -3.41. The van der Waals surface area contributed by atoms with Gasteiger partial charge in [-0.05, 0) is 43.9 Å². The second-order valence-electron chi connectivity index (χ2n) is 6.10. The zero-order valence-electron chi connectivity index (χ0n) is 12.5. The number of sulfone groups is 1. The van der Waals surface area contributed by atoms with Crippen molar-refractivity contribution < 1.29 is 18.3 Å². The van der Waals surface area contributed by atoms with Crippen LogP contribution in [0.1, 0.15) is 43.9 Å². The highest BCUT2D eigenvalue weighted by Gasteiger charge is 2.39. The van der Waals surface area contributed by atoms with Gasteiger partial charge in [-0.25, -0.2) is 8.42 Å². The molecule has 0 aromatic heterocycles. The SMILES string of the molecule is CC(C)(C(O)c1ccc2c(c1)CCCC(=O)N2)S(C)(=O)=O. The topological polar surface area (TPSA) is 83.5 Å². The average molecular weight is 311 g/mol. The molecule has 0 saturated carbocycles. The number of fused-ring (bicyclic) bond motifs is 1. The maximum Gasteiger partial charge on any atom is 0.224 e. The molecule has 0 saturated heterocycles. The molecule has 0 radical (unpaired) electrons. The van der Waals surface area contributed by atoms with E-state index in [1.807, 2.05) is 0 Å². The van der Waals surface area contributed by atoms with E-state index in [1.54, 1.807) is 18.2 Å². The normalized spacial score (nSPS) is 17.6. The van der Waals surface area contributed by atoms with Crippen LogP contribution in [0.5, 0.6) is 0 Å². The van der Waals surface area contributed by atoms with Crippen molar-refractivity contribution in [2.24, 2.45) is 0 Å². The van der Waals surface area contributed by atoms with Crippen molar-refractivity contribution in [2.45, 2.75) is 44.0 Å². The van der Waals surface area contributed by atoms with Crippen molar-refractivity contribution in [3.05, 3.63) is 29.3 Å². The molecule has 5 nitrogen and oxygen atoms in total. The van der Waals surface area contributed by atoms with Crippen molar-refractivity contribution in [2.75, 3.05) is 11.6 Å². The van der Waals surface area contributed by atoms with Gasteiger partial charge >= 0.3 is 0 Å². The predicted molar refractivity (Wildman–Crippen MR) is 81.9 cm³/mol. The number of nitrogens with one attached hydrogen (secondary N) is 1.